The number of fused-ring (bicyclic) bond motifs is 1. The molecule has 0 spiro atoms. The molecule has 0 bridgehead atoms. The van der Waals surface area contributed by atoms with Gasteiger partial charge in [-0.05, 0) is 42.7 Å². The van der Waals surface area contributed by atoms with Crippen molar-refractivity contribution in [3.05, 3.63) is 66.0 Å². The molecule has 0 saturated heterocycles. The molecule has 1 heterocycles. The van der Waals surface area contributed by atoms with Crippen molar-refractivity contribution < 1.29 is 0 Å². The Bertz CT molecular complexity index is 868. The van der Waals surface area contributed by atoms with Gasteiger partial charge in [-0.25, -0.2) is 9.97 Å². The van der Waals surface area contributed by atoms with Crippen LogP contribution in [0.2, 0.25) is 0 Å². The smallest absolute Gasteiger partial charge is 0.137 e. The summed E-state index contributed by atoms with van der Waals surface area (Å²) in [6, 6.07) is 16.6. The van der Waals surface area contributed by atoms with E-state index >= 15 is 0 Å². The predicted molar refractivity (Wildman–Crippen MR) is 105 cm³/mol. The molecule has 3 rings (SSSR count). The van der Waals surface area contributed by atoms with Gasteiger partial charge in [0.1, 0.15) is 12.1 Å². The highest BCUT2D eigenvalue weighted by Crippen LogP contribution is 2.17. The number of nitrogens with zero attached hydrogens (tertiary/aromatic N) is 2. The normalized spacial score (nSPS) is 10.3. The number of aromatic nitrogens is 2. The first-order valence-electron chi connectivity index (χ1n) is 8.88. The molecule has 3 nitrogen and oxygen atoms in total. The van der Waals surface area contributed by atoms with Gasteiger partial charge in [-0.2, -0.15) is 0 Å². The number of nitrogens with one attached hydrogen (secondary N) is 1. The highest BCUT2D eigenvalue weighted by atomic mass is 15.0. The van der Waals surface area contributed by atoms with E-state index in [1.807, 2.05) is 24.3 Å². The van der Waals surface area contributed by atoms with Crippen LogP contribution in [-0.2, 0) is 6.42 Å². The van der Waals surface area contributed by atoms with Crippen LogP contribution in [0.1, 0.15) is 37.3 Å². The molecular weight excluding hydrogens is 306 g/mol. The quantitative estimate of drug-likeness (QED) is 0.520. The molecule has 0 aliphatic carbocycles. The first-order chi connectivity index (χ1) is 12.4. The summed E-state index contributed by atoms with van der Waals surface area (Å²) < 4.78 is 0. The maximum atomic E-state index is 4.33. The first-order valence-corrected chi connectivity index (χ1v) is 8.88. The van der Waals surface area contributed by atoms with Gasteiger partial charge in [-0.3, -0.25) is 0 Å². The highest BCUT2D eigenvalue weighted by molar-refractivity contribution is 5.88. The molecule has 0 atom stereocenters. The van der Waals surface area contributed by atoms with Gasteiger partial charge >= 0.3 is 0 Å². The lowest BCUT2D eigenvalue weighted by Gasteiger charge is -2.06. The number of rotatable bonds is 6. The van der Waals surface area contributed by atoms with Crippen LogP contribution in [0.15, 0.2) is 54.9 Å². The standard InChI is InChI=1S/C22H23N3/c1-2-3-8-18-12-14-19(15-13-18)9-6-7-16-23-22-20-10-4-5-11-21(20)24-17-25-22/h4-5,10-15,17H,2-3,7-8,16H2,1H3,(H,23,24,25). The summed E-state index contributed by atoms with van der Waals surface area (Å²) in [4.78, 5) is 8.60. The molecule has 0 saturated carbocycles. The molecule has 1 N–H and O–H groups in total. The zero-order chi connectivity index (χ0) is 17.3. The van der Waals surface area contributed by atoms with E-state index in [-0.39, 0.29) is 0 Å². The van der Waals surface area contributed by atoms with E-state index in [9.17, 15) is 0 Å². The molecule has 0 amide bonds. The van der Waals surface area contributed by atoms with Gasteiger partial charge in [0.2, 0.25) is 0 Å². The summed E-state index contributed by atoms with van der Waals surface area (Å²) in [6.07, 6.45) is 6.00. The van der Waals surface area contributed by atoms with Crippen molar-refractivity contribution in [2.24, 2.45) is 0 Å². The van der Waals surface area contributed by atoms with Crippen LogP contribution in [0.4, 0.5) is 5.82 Å². The third-order valence-electron chi connectivity index (χ3n) is 4.09. The Hall–Kier alpha value is -2.86. The average Bonchev–Trinajstić information content (AvgIpc) is 2.67. The summed E-state index contributed by atoms with van der Waals surface area (Å²) in [7, 11) is 0. The van der Waals surface area contributed by atoms with E-state index < -0.39 is 0 Å². The van der Waals surface area contributed by atoms with Gasteiger partial charge in [0, 0.05) is 23.9 Å². The lowest BCUT2D eigenvalue weighted by Crippen LogP contribution is -2.03. The van der Waals surface area contributed by atoms with Gasteiger partial charge in [-0.15, -0.1) is 0 Å². The van der Waals surface area contributed by atoms with Gasteiger partial charge in [0.15, 0.2) is 0 Å². The number of aryl methyl sites for hydroxylation is 1. The fourth-order valence-electron chi connectivity index (χ4n) is 2.69. The fourth-order valence-corrected chi connectivity index (χ4v) is 2.69. The van der Waals surface area contributed by atoms with Crippen molar-refractivity contribution in [3.8, 4) is 11.8 Å². The summed E-state index contributed by atoms with van der Waals surface area (Å²) in [6.45, 7) is 2.99. The van der Waals surface area contributed by atoms with Crippen LogP contribution in [0.5, 0.6) is 0 Å². The molecular formula is C22H23N3. The third kappa shape index (κ3) is 4.81. The first kappa shape index (κ1) is 17.0. The van der Waals surface area contributed by atoms with E-state index in [1.54, 1.807) is 6.33 Å². The van der Waals surface area contributed by atoms with Gasteiger partial charge in [0.05, 0.1) is 5.52 Å². The lowest BCUT2D eigenvalue weighted by atomic mass is 10.1. The minimum absolute atomic E-state index is 0.766. The minimum Gasteiger partial charge on any atom is -0.368 e. The Balaban J connectivity index is 1.52. The van der Waals surface area contributed by atoms with Crippen molar-refractivity contribution in [2.75, 3.05) is 11.9 Å². The summed E-state index contributed by atoms with van der Waals surface area (Å²) >= 11 is 0. The van der Waals surface area contributed by atoms with Crippen LogP contribution in [0.3, 0.4) is 0 Å². The minimum atomic E-state index is 0.766. The molecule has 0 unspecified atom stereocenters. The van der Waals surface area contributed by atoms with Crippen molar-refractivity contribution in [3.63, 3.8) is 0 Å². The van der Waals surface area contributed by atoms with Crippen molar-refractivity contribution in [1.82, 2.24) is 9.97 Å². The Morgan fingerprint density at radius 3 is 2.68 bits per heavy atom. The van der Waals surface area contributed by atoms with E-state index in [1.165, 1.54) is 18.4 Å². The summed E-state index contributed by atoms with van der Waals surface area (Å²) in [5.41, 5.74) is 3.42. The topological polar surface area (TPSA) is 37.8 Å². The zero-order valence-corrected chi connectivity index (χ0v) is 14.6. The fraction of sp³-hybridized carbons (Fsp3) is 0.273. The zero-order valence-electron chi connectivity index (χ0n) is 14.6. The van der Waals surface area contributed by atoms with Crippen LogP contribution < -0.4 is 5.32 Å². The molecule has 3 aromatic rings. The van der Waals surface area contributed by atoms with E-state index in [0.717, 1.165) is 41.7 Å². The molecule has 0 fully saturated rings. The second kappa shape index (κ2) is 8.84. The molecule has 0 aliphatic rings. The number of hydrogen-bond acceptors (Lipinski definition) is 3. The third-order valence-corrected chi connectivity index (χ3v) is 4.09. The monoisotopic (exact) mass is 329 g/mol. The Kier molecular flexibility index (Phi) is 6.01. The number of hydrogen-bond donors (Lipinski definition) is 1. The van der Waals surface area contributed by atoms with Gasteiger partial charge in [0.25, 0.3) is 0 Å². The average molecular weight is 329 g/mol. The van der Waals surface area contributed by atoms with Gasteiger partial charge < -0.3 is 5.32 Å². The Morgan fingerprint density at radius 1 is 1.00 bits per heavy atom. The van der Waals surface area contributed by atoms with Crippen LogP contribution in [0.25, 0.3) is 10.9 Å². The highest BCUT2D eigenvalue weighted by Gasteiger charge is 2.00. The van der Waals surface area contributed by atoms with Crippen molar-refractivity contribution in [2.45, 2.75) is 32.6 Å². The van der Waals surface area contributed by atoms with Gasteiger partial charge in [-0.1, -0.05) is 49.5 Å². The number of anilines is 1. The van der Waals surface area contributed by atoms with Crippen molar-refractivity contribution in [1.29, 1.82) is 0 Å². The molecule has 0 radical (unpaired) electrons. The summed E-state index contributed by atoms with van der Waals surface area (Å²) in [5.74, 6) is 7.32. The Labute approximate surface area is 149 Å². The molecule has 25 heavy (non-hydrogen) atoms. The Morgan fingerprint density at radius 2 is 1.84 bits per heavy atom. The van der Waals surface area contributed by atoms with Crippen LogP contribution in [0, 0.1) is 11.8 Å². The number of benzene rings is 2. The van der Waals surface area contributed by atoms with E-state index in [0.29, 0.717) is 0 Å². The molecule has 0 aliphatic heterocycles. The van der Waals surface area contributed by atoms with E-state index in [2.05, 4.69) is 58.3 Å². The SMILES string of the molecule is CCCCc1ccc(C#CCCNc2ncnc3ccccc23)cc1. The molecule has 3 heteroatoms. The van der Waals surface area contributed by atoms with E-state index in [4.69, 9.17) is 0 Å². The maximum absolute atomic E-state index is 4.33. The molecule has 126 valence electrons. The molecule has 1 aromatic heterocycles. The van der Waals surface area contributed by atoms with Crippen LogP contribution in [-0.4, -0.2) is 16.5 Å². The maximum Gasteiger partial charge on any atom is 0.137 e. The van der Waals surface area contributed by atoms with Crippen LogP contribution >= 0.6 is 0 Å². The predicted octanol–water partition coefficient (Wildman–Crippen LogP) is 4.83. The largest absolute Gasteiger partial charge is 0.368 e. The number of unbranched alkanes of at least 4 members (excludes halogenated alkanes) is 1. The second-order valence-electron chi connectivity index (χ2n) is 6.02. The summed E-state index contributed by atoms with van der Waals surface area (Å²) in [5, 5.41) is 4.39. The lowest BCUT2D eigenvalue weighted by molar-refractivity contribution is 0.795. The van der Waals surface area contributed by atoms with Crippen molar-refractivity contribution >= 4 is 16.7 Å². The molecule has 2 aromatic carbocycles. The number of para-hydroxylation sites is 1. The second-order valence-corrected chi connectivity index (χ2v) is 6.02.